The largest absolute Gasteiger partial charge is 0.381 e. The highest BCUT2D eigenvalue weighted by atomic mass is 35.5. The van der Waals surface area contributed by atoms with Crippen molar-refractivity contribution in [3.63, 3.8) is 0 Å². The Morgan fingerprint density at radius 2 is 2.06 bits per heavy atom. The minimum absolute atomic E-state index is 0. The summed E-state index contributed by atoms with van der Waals surface area (Å²) in [4.78, 5) is 0. The van der Waals surface area contributed by atoms with Crippen LogP contribution in [0.4, 0.5) is 0 Å². The maximum absolute atomic E-state index is 11.5. The Morgan fingerprint density at radius 3 is 2.44 bits per heavy atom. The van der Waals surface area contributed by atoms with Gasteiger partial charge in [0.25, 0.3) is 0 Å². The van der Waals surface area contributed by atoms with Crippen LogP contribution in [0.25, 0.3) is 0 Å². The van der Waals surface area contributed by atoms with E-state index in [4.69, 9.17) is 10.5 Å². The normalized spacial score (nSPS) is 20.7. The van der Waals surface area contributed by atoms with E-state index in [-0.39, 0.29) is 29.8 Å². The summed E-state index contributed by atoms with van der Waals surface area (Å²) in [5, 5.41) is 0. The molecular formula is C9H21ClN2O3S. The third kappa shape index (κ3) is 4.97. The summed E-state index contributed by atoms with van der Waals surface area (Å²) in [5.41, 5.74) is 5.60. The molecular weight excluding hydrogens is 252 g/mol. The number of hydrogen-bond acceptors (Lipinski definition) is 4. The molecule has 1 atom stereocenters. The Morgan fingerprint density at radius 1 is 1.50 bits per heavy atom. The van der Waals surface area contributed by atoms with Crippen molar-refractivity contribution in [3.8, 4) is 0 Å². The van der Waals surface area contributed by atoms with Crippen LogP contribution in [0.15, 0.2) is 0 Å². The lowest BCUT2D eigenvalue weighted by atomic mass is 9.78. The van der Waals surface area contributed by atoms with E-state index in [1.165, 1.54) is 7.11 Å². The number of nitrogens with one attached hydrogen (secondary N) is 1. The van der Waals surface area contributed by atoms with E-state index < -0.39 is 10.0 Å². The van der Waals surface area contributed by atoms with Crippen LogP contribution in [-0.2, 0) is 14.8 Å². The molecule has 7 heteroatoms. The molecule has 0 aromatic rings. The number of rotatable bonds is 6. The highest BCUT2D eigenvalue weighted by Crippen LogP contribution is 2.28. The molecule has 0 heterocycles. The predicted molar refractivity (Wildman–Crippen MR) is 66.3 cm³/mol. The minimum atomic E-state index is -3.26. The fourth-order valence-electron chi connectivity index (χ4n) is 1.50. The molecule has 0 aromatic heterocycles. The van der Waals surface area contributed by atoms with Gasteiger partial charge in [0.1, 0.15) is 0 Å². The fraction of sp³-hybridized carbons (Fsp3) is 1.00. The Balaban J connectivity index is 0.00000225. The highest BCUT2D eigenvalue weighted by molar-refractivity contribution is 7.89. The predicted octanol–water partition coefficient (Wildman–Crippen LogP) is 0.244. The average molecular weight is 273 g/mol. The van der Waals surface area contributed by atoms with Crippen molar-refractivity contribution < 1.29 is 13.2 Å². The molecule has 3 N–H and O–H groups in total. The van der Waals surface area contributed by atoms with Crippen LogP contribution in [0.3, 0.4) is 0 Å². The van der Waals surface area contributed by atoms with Crippen LogP contribution >= 0.6 is 12.4 Å². The summed E-state index contributed by atoms with van der Waals surface area (Å²) >= 11 is 0. The molecule has 1 aliphatic carbocycles. The van der Waals surface area contributed by atoms with Crippen molar-refractivity contribution in [2.24, 2.45) is 5.73 Å². The Bertz CT molecular complexity index is 304. The quantitative estimate of drug-likeness (QED) is 0.726. The van der Waals surface area contributed by atoms with E-state index in [0.717, 1.165) is 19.3 Å². The van der Waals surface area contributed by atoms with Crippen molar-refractivity contribution in [2.75, 3.05) is 19.4 Å². The molecule has 0 radical (unpaired) electrons. The summed E-state index contributed by atoms with van der Waals surface area (Å²) in [6, 6.07) is 0. The van der Waals surface area contributed by atoms with Crippen LogP contribution < -0.4 is 10.5 Å². The Hall–Kier alpha value is 0.120. The summed E-state index contributed by atoms with van der Waals surface area (Å²) in [5.74, 6) is -0.0143. The summed E-state index contributed by atoms with van der Waals surface area (Å²) in [7, 11) is -1.76. The van der Waals surface area contributed by atoms with E-state index in [2.05, 4.69) is 4.72 Å². The molecule has 0 spiro atoms. The number of hydrogen-bond donors (Lipinski definition) is 2. The first-order chi connectivity index (χ1) is 6.87. The number of nitrogens with two attached hydrogens (primary N) is 1. The second-order valence-corrected chi connectivity index (χ2v) is 6.22. The first-order valence-corrected chi connectivity index (χ1v) is 6.81. The van der Waals surface area contributed by atoms with Crippen LogP contribution in [0.5, 0.6) is 0 Å². The van der Waals surface area contributed by atoms with Crippen molar-refractivity contribution in [3.05, 3.63) is 0 Å². The third-order valence-electron chi connectivity index (χ3n) is 2.85. The first kappa shape index (κ1) is 16.1. The van der Waals surface area contributed by atoms with Gasteiger partial charge in [-0.25, -0.2) is 13.1 Å². The number of halogens is 1. The highest BCUT2D eigenvalue weighted by Gasteiger charge is 2.33. The first-order valence-electron chi connectivity index (χ1n) is 5.16. The maximum atomic E-state index is 11.5. The van der Waals surface area contributed by atoms with Gasteiger partial charge in [-0.05, 0) is 26.2 Å². The van der Waals surface area contributed by atoms with Gasteiger partial charge in [-0.1, -0.05) is 0 Å². The molecule has 5 nitrogen and oxygen atoms in total. The molecule has 16 heavy (non-hydrogen) atoms. The third-order valence-corrected chi connectivity index (χ3v) is 4.34. The van der Waals surface area contributed by atoms with Crippen LogP contribution in [0, 0.1) is 0 Å². The van der Waals surface area contributed by atoms with Gasteiger partial charge in [0, 0.05) is 19.2 Å². The summed E-state index contributed by atoms with van der Waals surface area (Å²) in [6.45, 7) is 2.06. The summed E-state index contributed by atoms with van der Waals surface area (Å²) < 4.78 is 30.5. The summed E-state index contributed by atoms with van der Waals surface area (Å²) in [6.07, 6.45) is 2.59. The molecule has 0 bridgehead atoms. The number of methoxy groups -OCH3 is 1. The van der Waals surface area contributed by atoms with Crippen LogP contribution in [0.1, 0.15) is 26.2 Å². The van der Waals surface area contributed by atoms with Crippen LogP contribution in [-0.4, -0.2) is 39.5 Å². The zero-order chi connectivity index (χ0) is 11.5. The molecule has 1 saturated carbocycles. The van der Waals surface area contributed by atoms with Gasteiger partial charge in [-0.2, -0.15) is 0 Å². The molecule has 1 rings (SSSR count). The lowest BCUT2D eigenvalue weighted by Crippen LogP contribution is -2.55. The molecule has 0 aromatic carbocycles. The van der Waals surface area contributed by atoms with Gasteiger partial charge >= 0.3 is 0 Å². The zero-order valence-electron chi connectivity index (χ0n) is 9.73. The minimum Gasteiger partial charge on any atom is -0.381 e. The average Bonchev–Trinajstić information content (AvgIpc) is 2.11. The lowest BCUT2D eigenvalue weighted by Gasteiger charge is -2.38. The van der Waals surface area contributed by atoms with Gasteiger partial charge in [0.15, 0.2) is 0 Å². The molecule has 1 fully saturated rings. The molecule has 0 saturated heterocycles. The van der Waals surface area contributed by atoms with Crippen molar-refractivity contribution in [1.82, 2.24) is 4.72 Å². The van der Waals surface area contributed by atoms with Crippen molar-refractivity contribution in [2.45, 2.75) is 37.8 Å². The Labute approximate surface area is 104 Å². The smallest absolute Gasteiger partial charge is 0.214 e. The second kappa shape index (κ2) is 6.16. The molecule has 1 unspecified atom stereocenters. The number of ether oxygens (including phenoxy) is 1. The molecule has 0 aliphatic heterocycles. The van der Waals surface area contributed by atoms with E-state index >= 15 is 0 Å². The van der Waals surface area contributed by atoms with Gasteiger partial charge in [-0.3, -0.25) is 0 Å². The zero-order valence-corrected chi connectivity index (χ0v) is 11.4. The van der Waals surface area contributed by atoms with Crippen molar-refractivity contribution in [1.29, 1.82) is 0 Å². The van der Waals surface area contributed by atoms with Gasteiger partial charge < -0.3 is 10.5 Å². The SMILES string of the molecule is COC(C)CS(=O)(=O)NCC1(N)CCC1.Cl. The standard InChI is InChI=1S/C9H20N2O3S.ClH/c1-8(14-2)6-15(12,13)11-7-9(10)4-3-5-9;/h8,11H,3-7,10H2,1-2H3;1H. The molecule has 0 amide bonds. The number of sulfonamides is 1. The second-order valence-electron chi connectivity index (χ2n) is 4.36. The monoisotopic (exact) mass is 272 g/mol. The van der Waals surface area contributed by atoms with Crippen molar-refractivity contribution >= 4 is 22.4 Å². The topological polar surface area (TPSA) is 81.4 Å². The van der Waals surface area contributed by atoms with E-state index in [0.29, 0.717) is 6.54 Å². The lowest BCUT2D eigenvalue weighted by molar-refractivity contribution is 0.136. The van der Waals surface area contributed by atoms with Crippen LogP contribution in [0.2, 0.25) is 0 Å². The van der Waals surface area contributed by atoms with Gasteiger partial charge in [0.05, 0.1) is 11.9 Å². The fourth-order valence-corrected chi connectivity index (χ4v) is 2.88. The molecule has 98 valence electrons. The van der Waals surface area contributed by atoms with E-state index in [9.17, 15) is 8.42 Å². The van der Waals surface area contributed by atoms with E-state index in [1.807, 2.05) is 0 Å². The van der Waals surface area contributed by atoms with Gasteiger partial charge in [-0.15, -0.1) is 12.4 Å². The van der Waals surface area contributed by atoms with E-state index in [1.54, 1.807) is 6.92 Å². The maximum Gasteiger partial charge on any atom is 0.214 e. The molecule has 1 aliphatic rings. The van der Waals surface area contributed by atoms with Gasteiger partial charge in [0.2, 0.25) is 10.0 Å². The Kier molecular flexibility index (Phi) is 6.21.